The van der Waals surface area contributed by atoms with Crippen LogP contribution in [-0.4, -0.2) is 44.0 Å². The molecule has 0 radical (unpaired) electrons. The first-order valence-corrected chi connectivity index (χ1v) is 7.61. The lowest BCUT2D eigenvalue weighted by atomic mass is 10.1. The van der Waals surface area contributed by atoms with E-state index in [-0.39, 0.29) is 24.2 Å². The second-order valence-electron chi connectivity index (χ2n) is 6.22. The molecule has 0 saturated carbocycles. The molecule has 0 aromatic heterocycles. The van der Waals surface area contributed by atoms with Crippen LogP contribution in [0.25, 0.3) is 0 Å². The number of nitrogens with zero attached hydrogens (tertiary/aromatic N) is 2. The molecule has 5 heteroatoms. The normalized spacial score (nSPS) is 18.0. The van der Waals surface area contributed by atoms with Crippen LogP contribution in [0.3, 0.4) is 0 Å². The van der Waals surface area contributed by atoms with E-state index in [1.807, 2.05) is 31.3 Å². The van der Waals surface area contributed by atoms with E-state index in [4.69, 9.17) is 4.74 Å². The van der Waals surface area contributed by atoms with Crippen LogP contribution >= 0.6 is 0 Å². The zero-order chi connectivity index (χ0) is 16.3. The summed E-state index contributed by atoms with van der Waals surface area (Å²) in [4.78, 5) is 28.1. The van der Waals surface area contributed by atoms with E-state index in [0.29, 0.717) is 19.0 Å². The monoisotopic (exact) mass is 304 g/mol. The summed E-state index contributed by atoms with van der Waals surface area (Å²) in [5.41, 5.74) is 0.813. The van der Waals surface area contributed by atoms with Gasteiger partial charge in [-0.15, -0.1) is 0 Å². The number of anilines is 1. The fourth-order valence-electron chi connectivity index (χ4n) is 2.83. The summed E-state index contributed by atoms with van der Waals surface area (Å²) in [6, 6.07) is 7.34. The van der Waals surface area contributed by atoms with Gasteiger partial charge in [-0.25, -0.2) is 0 Å². The molecule has 5 nitrogen and oxygen atoms in total. The van der Waals surface area contributed by atoms with Gasteiger partial charge < -0.3 is 14.5 Å². The highest BCUT2D eigenvalue weighted by molar-refractivity contribution is 6.00. The lowest BCUT2D eigenvalue weighted by Gasteiger charge is -2.23. The fraction of sp³-hybridized carbons (Fsp3) is 0.529. The van der Waals surface area contributed by atoms with Crippen LogP contribution in [0.1, 0.15) is 20.3 Å². The molecular formula is C17H24N2O3. The zero-order valence-electron chi connectivity index (χ0n) is 13.7. The van der Waals surface area contributed by atoms with Crippen LogP contribution < -0.4 is 9.64 Å². The van der Waals surface area contributed by atoms with Gasteiger partial charge in [-0.2, -0.15) is 0 Å². The molecule has 22 heavy (non-hydrogen) atoms. The highest BCUT2D eigenvalue weighted by atomic mass is 16.5. The lowest BCUT2D eigenvalue weighted by molar-refractivity contribution is -0.135. The summed E-state index contributed by atoms with van der Waals surface area (Å²) in [6.45, 7) is 5.32. The van der Waals surface area contributed by atoms with Crippen LogP contribution in [0.5, 0.6) is 5.75 Å². The van der Waals surface area contributed by atoms with Crippen molar-refractivity contribution < 1.29 is 14.3 Å². The van der Waals surface area contributed by atoms with Crippen LogP contribution in [-0.2, 0) is 9.59 Å². The number of carbonyl (C=O) groups is 2. The number of methoxy groups -OCH3 is 1. The van der Waals surface area contributed by atoms with Gasteiger partial charge in [0, 0.05) is 32.2 Å². The maximum absolute atomic E-state index is 12.4. The van der Waals surface area contributed by atoms with Crippen LogP contribution in [0.4, 0.5) is 5.69 Å². The topological polar surface area (TPSA) is 49.9 Å². The molecule has 2 rings (SSSR count). The Morgan fingerprint density at radius 3 is 2.55 bits per heavy atom. The highest BCUT2D eigenvalue weighted by Gasteiger charge is 2.36. The van der Waals surface area contributed by atoms with E-state index in [9.17, 15) is 9.59 Å². The summed E-state index contributed by atoms with van der Waals surface area (Å²) >= 11 is 0. The number of amides is 2. The third-order valence-corrected chi connectivity index (χ3v) is 3.87. The third-order valence-electron chi connectivity index (χ3n) is 3.87. The standard InChI is InChI=1S/C17H24N2O3/c1-12(2)10-18(3)17(21)13-9-16(20)19(11-13)14-5-7-15(22-4)8-6-14/h5-8,12-13H,9-11H2,1-4H3. The van der Waals surface area contributed by atoms with Gasteiger partial charge in [-0.3, -0.25) is 9.59 Å². The predicted octanol–water partition coefficient (Wildman–Crippen LogP) is 2.16. The maximum atomic E-state index is 12.4. The molecule has 0 N–H and O–H groups in total. The summed E-state index contributed by atoms with van der Waals surface area (Å²) < 4.78 is 5.12. The van der Waals surface area contributed by atoms with Crippen molar-refractivity contribution in [3.63, 3.8) is 0 Å². The number of benzene rings is 1. The fourth-order valence-corrected chi connectivity index (χ4v) is 2.83. The molecule has 0 aliphatic carbocycles. The highest BCUT2D eigenvalue weighted by Crippen LogP contribution is 2.27. The quantitative estimate of drug-likeness (QED) is 0.837. The van der Waals surface area contributed by atoms with Gasteiger partial charge in [-0.05, 0) is 30.2 Å². The minimum atomic E-state index is -0.252. The molecule has 0 bridgehead atoms. The zero-order valence-corrected chi connectivity index (χ0v) is 13.7. The Hall–Kier alpha value is -2.04. The molecule has 1 saturated heterocycles. The Balaban J connectivity index is 2.05. The average molecular weight is 304 g/mol. The molecule has 120 valence electrons. The molecule has 1 heterocycles. The van der Waals surface area contributed by atoms with Crippen LogP contribution in [0, 0.1) is 11.8 Å². The van der Waals surface area contributed by atoms with Gasteiger partial charge in [0.05, 0.1) is 13.0 Å². The average Bonchev–Trinajstić information content (AvgIpc) is 2.87. The summed E-state index contributed by atoms with van der Waals surface area (Å²) in [5, 5.41) is 0. The third kappa shape index (κ3) is 3.59. The first-order valence-electron chi connectivity index (χ1n) is 7.61. The van der Waals surface area contributed by atoms with Gasteiger partial charge in [0.2, 0.25) is 11.8 Å². The smallest absolute Gasteiger partial charge is 0.227 e. The second kappa shape index (κ2) is 6.81. The first-order chi connectivity index (χ1) is 10.4. The van der Waals surface area contributed by atoms with Crippen LogP contribution in [0.15, 0.2) is 24.3 Å². The molecule has 1 aromatic rings. The molecule has 1 aliphatic heterocycles. The number of carbonyl (C=O) groups excluding carboxylic acids is 2. The maximum Gasteiger partial charge on any atom is 0.227 e. The van der Waals surface area contributed by atoms with Crippen LogP contribution in [0.2, 0.25) is 0 Å². The van der Waals surface area contributed by atoms with Crippen molar-refractivity contribution in [2.75, 3.05) is 32.1 Å². The van der Waals surface area contributed by atoms with E-state index >= 15 is 0 Å². The number of hydrogen-bond donors (Lipinski definition) is 0. The summed E-state index contributed by atoms with van der Waals surface area (Å²) in [7, 11) is 3.41. The number of rotatable bonds is 5. The summed E-state index contributed by atoms with van der Waals surface area (Å²) in [5.74, 6) is 0.973. The van der Waals surface area contributed by atoms with E-state index < -0.39 is 0 Å². The minimum Gasteiger partial charge on any atom is -0.497 e. The molecular weight excluding hydrogens is 280 g/mol. The minimum absolute atomic E-state index is 0.00136. The van der Waals surface area contributed by atoms with Gasteiger partial charge >= 0.3 is 0 Å². The first kappa shape index (κ1) is 16.3. The van der Waals surface area contributed by atoms with Crippen molar-refractivity contribution in [3.05, 3.63) is 24.3 Å². The Bertz CT molecular complexity index is 539. The van der Waals surface area contributed by atoms with Gasteiger partial charge in [-0.1, -0.05) is 13.8 Å². The van der Waals surface area contributed by atoms with Gasteiger partial charge in [0.25, 0.3) is 0 Å². The molecule has 1 aromatic carbocycles. The van der Waals surface area contributed by atoms with Crippen molar-refractivity contribution in [3.8, 4) is 5.75 Å². The van der Waals surface area contributed by atoms with Gasteiger partial charge in [0.1, 0.15) is 5.75 Å². The summed E-state index contributed by atoms with van der Waals surface area (Å²) in [6.07, 6.45) is 0.285. The Morgan fingerprint density at radius 2 is 2.00 bits per heavy atom. The second-order valence-corrected chi connectivity index (χ2v) is 6.22. The Kier molecular flexibility index (Phi) is 5.06. The van der Waals surface area contributed by atoms with E-state index in [0.717, 1.165) is 11.4 Å². The molecule has 2 amide bonds. The van der Waals surface area contributed by atoms with Crippen molar-refractivity contribution in [2.45, 2.75) is 20.3 Å². The molecule has 1 aliphatic rings. The SMILES string of the molecule is COc1ccc(N2CC(C(=O)N(C)CC(C)C)CC2=O)cc1. The van der Waals surface area contributed by atoms with Gasteiger partial charge in [0.15, 0.2) is 0 Å². The largest absolute Gasteiger partial charge is 0.497 e. The predicted molar refractivity (Wildman–Crippen MR) is 85.9 cm³/mol. The van der Waals surface area contributed by atoms with Crippen molar-refractivity contribution in [2.24, 2.45) is 11.8 Å². The molecule has 1 atom stereocenters. The Morgan fingerprint density at radius 1 is 1.36 bits per heavy atom. The van der Waals surface area contributed by atoms with Crippen molar-refractivity contribution in [1.82, 2.24) is 4.90 Å². The van der Waals surface area contributed by atoms with E-state index in [1.165, 1.54) is 0 Å². The lowest BCUT2D eigenvalue weighted by Crippen LogP contribution is -2.36. The molecule has 1 fully saturated rings. The Labute approximate surface area is 131 Å². The van der Waals surface area contributed by atoms with Crippen molar-refractivity contribution in [1.29, 1.82) is 0 Å². The van der Waals surface area contributed by atoms with E-state index in [2.05, 4.69) is 13.8 Å². The van der Waals surface area contributed by atoms with E-state index in [1.54, 1.807) is 16.9 Å². The van der Waals surface area contributed by atoms with Crippen molar-refractivity contribution >= 4 is 17.5 Å². The molecule has 1 unspecified atom stereocenters. The number of hydrogen-bond acceptors (Lipinski definition) is 3. The molecule has 0 spiro atoms. The number of ether oxygens (including phenoxy) is 1.